The number of aromatic nitrogens is 1. The van der Waals surface area contributed by atoms with Crippen molar-refractivity contribution >= 4 is 11.6 Å². The van der Waals surface area contributed by atoms with Crippen LogP contribution in [0.4, 0.5) is 5.69 Å². The van der Waals surface area contributed by atoms with Gasteiger partial charge in [0.25, 0.3) is 5.91 Å². The second-order valence-electron chi connectivity index (χ2n) is 5.67. The highest BCUT2D eigenvalue weighted by Gasteiger charge is 2.15. The summed E-state index contributed by atoms with van der Waals surface area (Å²) in [6.07, 6.45) is 3.95. The highest BCUT2D eigenvalue weighted by molar-refractivity contribution is 5.91. The minimum absolute atomic E-state index is 0.0188. The topological polar surface area (TPSA) is 33.0 Å². The molecule has 1 heterocycles. The van der Waals surface area contributed by atoms with E-state index in [1.165, 1.54) is 11.1 Å². The van der Waals surface area contributed by atoms with Crippen molar-refractivity contribution in [3.05, 3.63) is 58.9 Å². The average Bonchev–Trinajstić information content (AvgIpc) is 2.51. The van der Waals surface area contributed by atoms with Crippen LogP contribution in [0.5, 0.6) is 0 Å². The predicted molar refractivity (Wildman–Crippen MR) is 89.9 cm³/mol. The Hall–Kier alpha value is -2.16. The smallest absolute Gasteiger partial charge is 0.290 e. The molecule has 0 bridgehead atoms. The monoisotopic (exact) mass is 297 g/mol. The molecule has 0 unspecified atom stereocenters. The summed E-state index contributed by atoms with van der Waals surface area (Å²) in [5, 5.41) is 3.08. The third-order valence-electron chi connectivity index (χ3n) is 4.04. The zero-order chi connectivity index (χ0) is 16.1. The largest absolute Gasteiger partial charge is 0.320 e. The molecule has 0 spiro atoms. The number of benzene rings is 1. The van der Waals surface area contributed by atoms with Crippen molar-refractivity contribution in [2.45, 2.75) is 47.1 Å². The number of hydrogen-bond donors (Lipinski definition) is 1. The molecule has 22 heavy (non-hydrogen) atoms. The van der Waals surface area contributed by atoms with E-state index in [9.17, 15) is 4.79 Å². The zero-order valence-corrected chi connectivity index (χ0v) is 13.9. The molecule has 0 aliphatic rings. The van der Waals surface area contributed by atoms with Gasteiger partial charge in [-0.1, -0.05) is 32.0 Å². The average molecular weight is 297 g/mol. The van der Waals surface area contributed by atoms with Gasteiger partial charge in [0, 0.05) is 24.2 Å². The zero-order valence-electron chi connectivity index (χ0n) is 13.9. The SMILES string of the molecule is CCc1ccc(C)[n+](CC(=O)Nc2c(C)cccc2CC)c1. The molecule has 1 aromatic heterocycles. The van der Waals surface area contributed by atoms with E-state index >= 15 is 0 Å². The molecule has 0 aliphatic carbocycles. The summed E-state index contributed by atoms with van der Waals surface area (Å²) in [4.78, 5) is 12.4. The van der Waals surface area contributed by atoms with Crippen LogP contribution >= 0.6 is 0 Å². The van der Waals surface area contributed by atoms with Crippen molar-refractivity contribution in [2.24, 2.45) is 0 Å². The van der Waals surface area contributed by atoms with Gasteiger partial charge in [-0.05, 0) is 37.0 Å². The number of pyridine rings is 1. The Morgan fingerprint density at radius 3 is 2.55 bits per heavy atom. The molecular weight excluding hydrogens is 272 g/mol. The fraction of sp³-hybridized carbons (Fsp3) is 0.368. The number of anilines is 1. The van der Waals surface area contributed by atoms with Gasteiger partial charge in [-0.25, -0.2) is 0 Å². The van der Waals surface area contributed by atoms with Crippen molar-refractivity contribution in [3.8, 4) is 0 Å². The van der Waals surface area contributed by atoms with Crippen LogP contribution in [-0.2, 0) is 24.2 Å². The van der Waals surface area contributed by atoms with Crippen molar-refractivity contribution in [1.29, 1.82) is 0 Å². The maximum Gasteiger partial charge on any atom is 0.290 e. The van der Waals surface area contributed by atoms with E-state index in [-0.39, 0.29) is 5.91 Å². The maximum absolute atomic E-state index is 12.4. The Morgan fingerprint density at radius 1 is 1.09 bits per heavy atom. The second-order valence-corrected chi connectivity index (χ2v) is 5.67. The minimum Gasteiger partial charge on any atom is -0.320 e. The summed E-state index contributed by atoms with van der Waals surface area (Å²) in [6.45, 7) is 8.63. The van der Waals surface area contributed by atoms with Crippen LogP contribution in [0, 0.1) is 13.8 Å². The van der Waals surface area contributed by atoms with Gasteiger partial charge >= 0.3 is 0 Å². The Kier molecular flexibility index (Phi) is 5.31. The summed E-state index contributed by atoms with van der Waals surface area (Å²) in [5.74, 6) is 0.0188. The van der Waals surface area contributed by atoms with Gasteiger partial charge in [0.05, 0.1) is 0 Å². The molecule has 0 saturated heterocycles. The molecular formula is C19H25N2O+. The number of nitrogens with zero attached hydrogens (tertiary/aromatic N) is 1. The lowest BCUT2D eigenvalue weighted by Crippen LogP contribution is -2.43. The van der Waals surface area contributed by atoms with E-state index in [4.69, 9.17) is 0 Å². The molecule has 0 aliphatic heterocycles. The summed E-state index contributed by atoms with van der Waals surface area (Å²) < 4.78 is 2.01. The van der Waals surface area contributed by atoms with Crippen LogP contribution in [0.2, 0.25) is 0 Å². The van der Waals surface area contributed by atoms with Gasteiger partial charge in [-0.15, -0.1) is 0 Å². The van der Waals surface area contributed by atoms with Crippen LogP contribution in [0.25, 0.3) is 0 Å². The standard InChI is InChI=1S/C19H24N2O/c1-5-16-11-10-15(4)21(12-16)13-18(22)20-19-14(3)8-7-9-17(19)6-2/h7-12H,5-6,13H2,1-4H3/p+1. The van der Waals surface area contributed by atoms with Crippen molar-refractivity contribution < 1.29 is 9.36 Å². The molecule has 2 aromatic rings. The van der Waals surface area contributed by atoms with Gasteiger partial charge in [0.15, 0.2) is 11.9 Å². The fourth-order valence-corrected chi connectivity index (χ4v) is 2.58. The minimum atomic E-state index is 0.0188. The van der Waals surface area contributed by atoms with E-state index in [1.54, 1.807) is 0 Å². The molecule has 1 aromatic carbocycles. The number of amides is 1. The predicted octanol–water partition coefficient (Wildman–Crippen LogP) is 3.35. The van der Waals surface area contributed by atoms with Crippen molar-refractivity contribution in [3.63, 3.8) is 0 Å². The first-order chi connectivity index (χ1) is 10.5. The van der Waals surface area contributed by atoms with E-state index in [1.807, 2.05) is 30.5 Å². The Bertz CT molecular complexity index is 677. The summed E-state index contributed by atoms with van der Waals surface area (Å²) >= 11 is 0. The highest BCUT2D eigenvalue weighted by Crippen LogP contribution is 2.20. The number of para-hydroxylation sites is 1. The van der Waals surface area contributed by atoms with E-state index in [0.29, 0.717) is 6.54 Å². The number of aryl methyl sites for hydroxylation is 4. The molecule has 3 nitrogen and oxygen atoms in total. The first kappa shape index (κ1) is 16.2. The van der Waals surface area contributed by atoms with Gasteiger partial charge < -0.3 is 5.32 Å². The molecule has 0 saturated carbocycles. The molecule has 0 radical (unpaired) electrons. The maximum atomic E-state index is 12.4. The van der Waals surface area contributed by atoms with Gasteiger partial charge in [-0.2, -0.15) is 4.57 Å². The molecule has 1 amide bonds. The van der Waals surface area contributed by atoms with E-state index in [0.717, 1.165) is 29.8 Å². The number of carbonyl (C=O) groups excluding carboxylic acids is 1. The summed E-state index contributed by atoms with van der Waals surface area (Å²) in [7, 11) is 0. The quantitative estimate of drug-likeness (QED) is 0.844. The Morgan fingerprint density at radius 2 is 1.86 bits per heavy atom. The second kappa shape index (κ2) is 7.21. The van der Waals surface area contributed by atoms with E-state index < -0.39 is 0 Å². The number of hydrogen-bond acceptors (Lipinski definition) is 1. The first-order valence-corrected chi connectivity index (χ1v) is 7.92. The molecule has 116 valence electrons. The third kappa shape index (κ3) is 3.73. The van der Waals surface area contributed by atoms with Crippen LogP contribution in [-0.4, -0.2) is 5.91 Å². The Balaban J connectivity index is 2.17. The molecule has 2 rings (SSSR count). The number of carbonyl (C=O) groups is 1. The highest BCUT2D eigenvalue weighted by atomic mass is 16.1. The first-order valence-electron chi connectivity index (χ1n) is 7.92. The van der Waals surface area contributed by atoms with Gasteiger partial charge in [0.1, 0.15) is 0 Å². The molecule has 1 N–H and O–H groups in total. The van der Waals surface area contributed by atoms with Gasteiger partial charge in [0.2, 0.25) is 6.54 Å². The lowest BCUT2D eigenvalue weighted by atomic mass is 10.1. The van der Waals surface area contributed by atoms with Crippen LogP contribution in [0.15, 0.2) is 36.5 Å². The summed E-state index contributed by atoms with van der Waals surface area (Å²) in [5.41, 5.74) is 5.57. The lowest BCUT2D eigenvalue weighted by molar-refractivity contribution is -0.690. The molecule has 0 atom stereocenters. The Labute approximate surface area is 133 Å². The fourth-order valence-electron chi connectivity index (χ4n) is 2.58. The summed E-state index contributed by atoms with van der Waals surface area (Å²) in [6, 6.07) is 10.3. The number of rotatable bonds is 5. The number of nitrogens with one attached hydrogen (secondary N) is 1. The molecule has 0 fully saturated rings. The van der Waals surface area contributed by atoms with Crippen LogP contribution < -0.4 is 9.88 Å². The lowest BCUT2D eigenvalue weighted by Gasteiger charge is -2.12. The molecule has 3 heteroatoms. The van der Waals surface area contributed by atoms with Crippen molar-refractivity contribution in [1.82, 2.24) is 0 Å². The van der Waals surface area contributed by atoms with Crippen molar-refractivity contribution in [2.75, 3.05) is 5.32 Å². The normalized spacial score (nSPS) is 10.5. The third-order valence-corrected chi connectivity index (χ3v) is 4.04. The van der Waals surface area contributed by atoms with E-state index in [2.05, 4.69) is 43.6 Å². The van der Waals surface area contributed by atoms with Crippen LogP contribution in [0.3, 0.4) is 0 Å². The van der Waals surface area contributed by atoms with Crippen LogP contribution in [0.1, 0.15) is 36.2 Å². The van der Waals surface area contributed by atoms with Gasteiger partial charge in [-0.3, -0.25) is 4.79 Å².